The third-order valence-corrected chi connectivity index (χ3v) is 4.17. The lowest BCUT2D eigenvalue weighted by Crippen LogP contribution is -2.46. The number of aryl methyl sites for hydroxylation is 1. The van der Waals surface area contributed by atoms with Crippen LogP contribution in [0.1, 0.15) is 40.4 Å². The van der Waals surface area contributed by atoms with E-state index in [9.17, 15) is 9.59 Å². The van der Waals surface area contributed by atoms with E-state index in [-0.39, 0.29) is 6.54 Å². The molecule has 5 heteroatoms. The van der Waals surface area contributed by atoms with Gasteiger partial charge in [-0.25, -0.2) is 0 Å². The average molecular weight is 388 g/mol. The van der Waals surface area contributed by atoms with Gasteiger partial charge in [-0.05, 0) is 60.2 Å². The number of nitrogens with one attached hydrogen (secondary N) is 1. The number of ketones is 1. The van der Waals surface area contributed by atoms with Crippen LogP contribution in [-0.4, -0.2) is 36.0 Å². The molecule has 2 rings (SSSR count). The average Bonchev–Trinajstić information content (AvgIpc) is 2.75. The monoisotopic (exact) mass is 388 g/mol. The van der Waals surface area contributed by atoms with Gasteiger partial charge in [0.05, 0.1) is 0 Å². The van der Waals surface area contributed by atoms with Crippen LogP contribution in [0.3, 0.4) is 0 Å². The molecule has 2 aromatic carbocycles. The van der Waals surface area contributed by atoms with Gasteiger partial charge in [-0.2, -0.15) is 0 Å². The number of hydrogen-bond acceptors (Lipinski definition) is 4. The summed E-state index contributed by atoms with van der Waals surface area (Å²) < 4.78 is 0. The molecule has 0 spiro atoms. The predicted octanol–water partition coefficient (Wildman–Crippen LogP) is 1.66. The van der Waals surface area contributed by atoms with Crippen LogP contribution in [0, 0.1) is 23.7 Å². The van der Waals surface area contributed by atoms with Crippen molar-refractivity contribution in [2.24, 2.45) is 5.73 Å². The molecular weight excluding hydrogens is 364 g/mol. The molecule has 5 nitrogen and oxygen atoms in total. The van der Waals surface area contributed by atoms with Gasteiger partial charge in [0.15, 0.2) is 5.78 Å². The van der Waals surface area contributed by atoms with Crippen LogP contribution in [0.5, 0.6) is 0 Å². The second-order valence-electron chi connectivity index (χ2n) is 6.41. The van der Waals surface area contributed by atoms with Gasteiger partial charge in [0.25, 0.3) is 5.91 Å². The van der Waals surface area contributed by atoms with E-state index in [0.717, 1.165) is 24.0 Å². The van der Waals surface area contributed by atoms with Crippen molar-refractivity contribution in [1.29, 1.82) is 0 Å². The number of hydrogen-bond donors (Lipinski definition) is 3. The molecule has 0 saturated heterocycles. The Morgan fingerprint density at radius 3 is 2.38 bits per heavy atom. The summed E-state index contributed by atoms with van der Waals surface area (Å²) in [6.07, 6.45) is 2.12. The van der Waals surface area contributed by atoms with Gasteiger partial charge in [-0.3, -0.25) is 9.59 Å². The lowest BCUT2D eigenvalue weighted by Gasteiger charge is -2.14. The summed E-state index contributed by atoms with van der Waals surface area (Å²) in [7, 11) is 0. The summed E-state index contributed by atoms with van der Waals surface area (Å²) in [5.41, 5.74) is 8.75. The standard InChI is InChI=1S/C24H24N2O3/c1-2-6-19-9-5-10-20(15-19)8-4-3-7-18-11-13-21(14-12-18)24(29)26-22(16-25)23(28)17-27/h5,9-15,22,27H,2,6,16-17,25H2,1H3,(H,26,29)/t22-/m0/s1. The summed E-state index contributed by atoms with van der Waals surface area (Å²) in [5.74, 6) is 10.7. The highest BCUT2D eigenvalue weighted by Gasteiger charge is 2.18. The topological polar surface area (TPSA) is 92.4 Å². The Morgan fingerprint density at radius 1 is 1.07 bits per heavy atom. The van der Waals surface area contributed by atoms with Gasteiger partial charge in [-0.1, -0.05) is 37.3 Å². The Bertz CT molecular complexity index is 973. The van der Waals surface area contributed by atoms with Gasteiger partial charge >= 0.3 is 0 Å². The molecular formula is C24H24N2O3. The summed E-state index contributed by atoms with van der Waals surface area (Å²) in [6, 6.07) is 13.8. The first-order chi connectivity index (χ1) is 14.1. The number of aliphatic hydroxyl groups excluding tert-OH is 1. The second-order valence-corrected chi connectivity index (χ2v) is 6.41. The lowest BCUT2D eigenvalue weighted by molar-refractivity contribution is -0.123. The molecule has 0 aliphatic carbocycles. The fourth-order valence-corrected chi connectivity index (χ4v) is 2.63. The van der Waals surface area contributed by atoms with Gasteiger partial charge in [0.2, 0.25) is 0 Å². The smallest absolute Gasteiger partial charge is 0.251 e. The summed E-state index contributed by atoms with van der Waals surface area (Å²) >= 11 is 0. The fourth-order valence-electron chi connectivity index (χ4n) is 2.63. The summed E-state index contributed by atoms with van der Waals surface area (Å²) in [6.45, 7) is 1.40. The molecule has 4 N–H and O–H groups in total. The van der Waals surface area contributed by atoms with Crippen LogP contribution in [0.2, 0.25) is 0 Å². The third kappa shape index (κ3) is 6.93. The number of amides is 1. The Labute approximate surface area is 171 Å². The molecule has 0 aromatic heterocycles. The van der Waals surface area contributed by atoms with E-state index in [1.54, 1.807) is 24.3 Å². The van der Waals surface area contributed by atoms with E-state index >= 15 is 0 Å². The quantitative estimate of drug-likeness (QED) is 0.629. The summed E-state index contributed by atoms with van der Waals surface area (Å²) in [4.78, 5) is 23.7. The van der Waals surface area contributed by atoms with Crippen molar-refractivity contribution >= 4 is 11.7 Å². The number of carbonyl (C=O) groups is 2. The molecule has 1 atom stereocenters. The largest absolute Gasteiger partial charge is 0.388 e. The van der Waals surface area contributed by atoms with Gasteiger partial charge in [-0.15, -0.1) is 0 Å². The number of nitrogens with two attached hydrogens (primary N) is 1. The zero-order chi connectivity index (χ0) is 21.1. The molecule has 0 aliphatic heterocycles. The number of benzene rings is 2. The van der Waals surface area contributed by atoms with Crippen molar-refractivity contribution in [3.05, 3.63) is 70.8 Å². The predicted molar refractivity (Wildman–Crippen MR) is 113 cm³/mol. The molecule has 0 heterocycles. The minimum atomic E-state index is -0.905. The van der Waals surface area contributed by atoms with Crippen LogP contribution >= 0.6 is 0 Å². The van der Waals surface area contributed by atoms with Crippen molar-refractivity contribution in [3.8, 4) is 23.7 Å². The first-order valence-electron chi connectivity index (χ1n) is 9.43. The second kappa shape index (κ2) is 11.5. The Kier molecular flexibility index (Phi) is 8.66. The minimum Gasteiger partial charge on any atom is -0.388 e. The molecule has 0 aliphatic rings. The zero-order valence-electron chi connectivity index (χ0n) is 16.4. The van der Waals surface area contributed by atoms with Crippen molar-refractivity contribution < 1.29 is 14.7 Å². The summed E-state index contributed by atoms with van der Waals surface area (Å²) in [5, 5.41) is 11.4. The molecule has 0 radical (unpaired) electrons. The van der Waals surface area contributed by atoms with Gasteiger partial charge in [0, 0.05) is 23.2 Å². The van der Waals surface area contributed by atoms with Crippen molar-refractivity contribution in [3.63, 3.8) is 0 Å². The fraction of sp³-hybridized carbons (Fsp3) is 0.250. The highest BCUT2D eigenvalue weighted by molar-refractivity contribution is 5.98. The van der Waals surface area contributed by atoms with Crippen LogP contribution in [0.25, 0.3) is 0 Å². The minimum absolute atomic E-state index is 0.0747. The number of Topliss-reactive ketones (excluding diaryl/α,β-unsaturated/α-hetero) is 1. The maximum absolute atomic E-state index is 12.2. The van der Waals surface area contributed by atoms with Gasteiger partial charge < -0.3 is 16.2 Å². The van der Waals surface area contributed by atoms with E-state index in [2.05, 4.69) is 48.1 Å². The lowest BCUT2D eigenvalue weighted by atomic mass is 10.1. The van der Waals surface area contributed by atoms with Crippen LogP contribution in [-0.2, 0) is 11.2 Å². The Hall–Kier alpha value is -3.38. The number of carbonyl (C=O) groups excluding carboxylic acids is 2. The van der Waals surface area contributed by atoms with E-state index in [1.165, 1.54) is 5.56 Å². The number of rotatable bonds is 7. The SMILES string of the molecule is CCCc1cccc(C#CC#Cc2ccc(C(=O)N[C@@H](CN)C(=O)CO)cc2)c1. The molecule has 148 valence electrons. The van der Waals surface area contributed by atoms with E-state index in [0.29, 0.717) is 5.56 Å². The first-order valence-corrected chi connectivity index (χ1v) is 9.43. The highest BCUT2D eigenvalue weighted by atomic mass is 16.3. The molecule has 0 saturated carbocycles. The van der Waals surface area contributed by atoms with Crippen LogP contribution in [0.4, 0.5) is 0 Å². The number of aliphatic hydroxyl groups is 1. The van der Waals surface area contributed by atoms with Crippen LogP contribution in [0.15, 0.2) is 48.5 Å². The first kappa shape index (κ1) is 21.9. The Balaban J connectivity index is 2.01. The van der Waals surface area contributed by atoms with Gasteiger partial charge in [0.1, 0.15) is 12.6 Å². The molecule has 1 amide bonds. The molecule has 0 unspecified atom stereocenters. The van der Waals surface area contributed by atoms with E-state index < -0.39 is 24.3 Å². The Morgan fingerprint density at radius 2 is 1.76 bits per heavy atom. The van der Waals surface area contributed by atoms with Crippen molar-refractivity contribution in [2.75, 3.05) is 13.2 Å². The van der Waals surface area contributed by atoms with Crippen molar-refractivity contribution in [2.45, 2.75) is 25.8 Å². The maximum atomic E-state index is 12.2. The molecule has 2 aromatic rings. The zero-order valence-corrected chi connectivity index (χ0v) is 16.4. The van der Waals surface area contributed by atoms with Crippen molar-refractivity contribution in [1.82, 2.24) is 5.32 Å². The maximum Gasteiger partial charge on any atom is 0.251 e. The normalized spacial score (nSPS) is 10.7. The van der Waals surface area contributed by atoms with Crippen LogP contribution < -0.4 is 11.1 Å². The molecule has 0 fully saturated rings. The third-order valence-electron chi connectivity index (χ3n) is 4.17. The highest BCUT2D eigenvalue weighted by Crippen LogP contribution is 2.06. The molecule has 0 bridgehead atoms. The van der Waals surface area contributed by atoms with E-state index in [1.807, 2.05) is 12.1 Å². The van der Waals surface area contributed by atoms with E-state index in [4.69, 9.17) is 10.8 Å². The molecule has 29 heavy (non-hydrogen) atoms.